The van der Waals surface area contributed by atoms with Crippen LogP contribution in [-0.2, 0) is 6.54 Å². The molecule has 5 nitrogen and oxygen atoms in total. The fraction of sp³-hybridized carbons (Fsp3) is 0.0556. The fourth-order valence-corrected chi connectivity index (χ4v) is 2.73. The Hall–Kier alpha value is -2.81. The van der Waals surface area contributed by atoms with E-state index in [9.17, 15) is 10.1 Å². The van der Waals surface area contributed by atoms with Crippen molar-refractivity contribution in [3.05, 3.63) is 75.8 Å². The minimum Gasteiger partial charge on any atom is -0.357 e. The summed E-state index contributed by atoms with van der Waals surface area (Å²) in [6.07, 6.45) is 3.06. The number of H-pyrrole nitrogens is 1. The topological polar surface area (TPSA) is 81.6 Å². The summed E-state index contributed by atoms with van der Waals surface area (Å²) in [5, 5.41) is 12.9. The zero-order chi connectivity index (χ0) is 17.8. The number of hydrogen-bond acceptors (Lipinski definition) is 3. The van der Waals surface area contributed by atoms with E-state index in [4.69, 9.17) is 23.2 Å². The van der Waals surface area contributed by atoms with Gasteiger partial charge in [0.15, 0.2) is 0 Å². The molecular weight excluding hydrogens is 359 g/mol. The molecule has 1 aromatic carbocycles. The number of carbonyl (C=O) groups excluding carboxylic acids is 1. The molecule has 3 rings (SSSR count). The van der Waals surface area contributed by atoms with Gasteiger partial charge < -0.3 is 10.3 Å². The Morgan fingerprint density at radius 1 is 1.28 bits per heavy atom. The van der Waals surface area contributed by atoms with Crippen LogP contribution in [-0.4, -0.2) is 15.9 Å². The summed E-state index contributed by atoms with van der Waals surface area (Å²) in [5.74, 6) is -0.259. The fourth-order valence-electron chi connectivity index (χ4n) is 2.36. The summed E-state index contributed by atoms with van der Waals surface area (Å²) in [5.41, 5.74) is 2.98. The number of aromatic nitrogens is 2. The van der Waals surface area contributed by atoms with Crippen molar-refractivity contribution in [3.8, 4) is 17.2 Å². The van der Waals surface area contributed by atoms with Crippen LogP contribution in [0.4, 0.5) is 0 Å². The average Bonchev–Trinajstić information content (AvgIpc) is 3.10. The molecule has 0 aliphatic rings. The van der Waals surface area contributed by atoms with Crippen molar-refractivity contribution in [2.45, 2.75) is 6.54 Å². The van der Waals surface area contributed by atoms with E-state index >= 15 is 0 Å². The second kappa shape index (κ2) is 7.39. The largest absolute Gasteiger partial charge is 0.357 e. The summed E-state index contributed by atoms with van der Waals surface area (Å²) in [6, 6.07) is 12.6. The predicted octanol–water partition coefficient (Wildman–Crippen LogP) is 4.19. The van der Waals surface area contributed by atoms with Crippen molar-refractivity contribution in [2.75, 3.05) is 0 Å². The number of pyridine rings is 1. The van der Waals surface area contributed by atoms with E-state index in [1.807, 2.05) is 12.1 Å². The van der Waals surface area contributed by atoms with Crippen LogP contribution in [0.2, 0.25) is 10.2 Å². The van der Waals surface area contributed by atoms with Crippen molar-refractivity contribution in [1.29, 1.82) is 5.26 Å². The molecule has 0 aliphatic heterocycles. The number of rotatable bonds is 4. The van der Waals surface area contributed by atoms with Crippen LogP contribution < -0.4 is 5.32 Å². The zero-order valence-electron chi connectivity index (χ0n) is 12.9. The van der Waals surface area contributed by atoms with Crippen LogP contribution >= 0.6 is 23.2 Å². The van der Waals surface area contributed by atoms with Crippen LogP contribution in [0.1, 0.15) is 21.6 Å². The Morgan fingerprint density at radius 3 is 2.88 bits per heavy atom. The SMILES string of the molecule is N#Cc1cnc(Cl)cc1-c1c[nH]c(C(=O)NCc2cccc(Cl)c2)c1. The Balaban J connectivity index is 1.76. The van der Waals surface area contributed by atoms with Gasteiger partial charge in [-0.1, -0.05) is 35.3 Å². The highest BCUT2D eigenvalue weighted by Crippen LogP contribution is 2.26. The van der Waals surface area contributed by atoms with E-state index in [0.29, 0.717) is 34.0 Å². The van der Waals surface area contributed by atoms with Crippen molar-refractivity contribution >= 4 is 29.1 Å². The zero-order valence-corrected chi connectivity index (χ0v) is 14.4. The Kier molecular flexibility index (Phi) is 5.03. The van der Waals surface area contributed by atoms with Gasteiger partial charge in [-0.05, 0) is 29.8 Å². The van der Waals surface area contributed by atoms with E-state index < -0.39 is 0 Å². The molecule has 1 amide bonds. The maximum Gasteiger partial charge on any atom is 0.267 e. The first-order valence-electron chi connectivity index (χ1n) is 7.34. The molecule has 0 aliphatic carbocycles. The number of hydrogen-bond donors (Lipinski definition) is 2. The molecule has 7 heteroatoms. The van der Waals surface area contributed by atoms with Gasteiger partial charge in [0, 0.05) is 35.1 Å². The summed E-state index contributed by atoms with van der Waals surface area (Å²) in [6.45, 7) is 0.359. The Morgan fingerprint density at radius 2 is 2.12 bits per heavy atom. The average molecular weight is 371 g/mol. The lowest BCUT2D eigenvalue weighted by atomic mass is 10.1. The van der Waals surface area contributed by atoms with E-state index in [-0.39, 0.29) is 11.1 Å². The van der Waals surface area contributed by atoms with Gasteiger partial charge in [0.2, 0.25) is 0 Å². The van der Waals surface area contributed by atoms with Gasteiger partial charge in [0.1, 0.15) is 16.9 Å². The molecule has 0 atom stereocenters. The molecule has 3 aromatic rings. The molecule has 0 spiro atoms. The van der Waals surface area contributed by atoms with Crippen LogP contribution in [0.15, 0.2) is 48.8 Å². The molecule has 0 unspecified atom stereocenters. The number of nitrogens with one attached hydrogen (secondary N) is 2. The van der Waals surface area contributed by atoms with E-state index in [2.05, 4.69) is 21.4 Å². The van der Waals surface area contributed by atoms with Gasteiger partial charge in [-0.2, -0.15) is 5.26 Å². The quantitative estimate of drug-likeness (QED) is 0.675. The maximum absolute atomic E-state index is 12.3. The minimum atomic E-state index is -0.259. The molecular formula is C18H12Cl2N4O. The Labute approximate surface area is 154 Å². The van der Waals surface area contributed by atoms with Crippen LogP contribution in [0.3, 0.4) is 0 Å². The minimum absolute atomic E-state index is 0.259. The van der Waals surface area contributed by atoms with Crippen molar-refractivity contribution in [2.24, 2.45) is 0 Å². The van der Waals surface area contributed by atoms with Gasteiger partial charge in [0.05, 0.1) is 5.56 Å². The number of benzene rings is 1. The Bertz CT molecular complexity index is 975. The van der Waals surface area contributed by atoms with E-state index in [1.54, 1.807) is 30.5 Å². The number of carbonyl (C=O) groups is 1. The highest BCUT2D eigenvalue weighted by atomic mass is 35.5. The van der Waals surface area contributed by atoms with E-state index in [1.165, 1.54) is 6.20 Å². The lowest BCUT2D eigenvalue weighted by molar-refractivity contribution is 0.0946. The second-order valence-corrected chi connectivity index (χ2v) is 6.10. The molecule has 124 valence electrons. The summed E-state index contributed by atoms with van der Waals surface area (Å²) < 4.78 is 0. The second-order valence-electron chi connectivity index (χ2n) is 5.28. The molecule has 25 heavy (non-hydrogen) atoms. The third kappa shape index (κ3) is 4.00. The van der Waals surface area contributed by atoms with E-state index in [0.717, 1.165) is 5.56 Å². The standard InChI is InChI=1S/C18H12Cl2N4O/c19-14-3-1-2-11(4-14)8-24-18(25)16-5-12(9-22-16)15-6-17(20)23-10-13(15)7-21/h1-6,9-10,22H,8H2,(H,24,25). The highest BCUT2D eigenvalue weighted by Gasteiger charge is 2.13. The van der Waals surface area contributed by atoms with Gasteiger partial charge in [0.25, 0.3) is 5.91 Å². The van der Waals surface area contributed by atoms with Gasteiger partial charge >= 0.3 is 0 Å². The predicted molar refractivity (Wildman–Crippen MR) is 96.4 cm³/mol. The third-order valence-corrected chi connectivity index (χ3v) is 4.01. The number of nitrogens with zero attached hydrogens (tertiary/aromatic N) is 2. The lowest BCUT2D eigenvalue weighted by Crippen LogP contribution is -2.22. The van der Waals surface area contributed by atoms with Crippen molar-refractivity contribution in [3.63, 3.8) is 0 Å². The first kappa shape index (κ1) is 17.0. The smallest absolute Gasteiger partial charge is 0.267 e. The molecule has 0 saturated heterocycles. The number of nitriles is 1. The monoisotopic (exact) mass is 370 g/mol. The molecule has 2 aromatic heterocycles. The molecule has 2 heterocycles. The maximum atomic E-state index is 12.3. The van der Waals surface area contributed by atoms with Gasteiger partial charge in [-0.3, -0.25) is 4.79 Å². The molecule has 0 bridgehead atoms. The number of amides is 1. The normalized spacial score (nSPS) is 10.3. The molecule has 0 saturated carbocycles. The lowest BCUT2D eigenvalue weighted by Gasteiger charge is -2.04. The first-order valence-corrected chi connectivity index (χ1v) is 8.09. The first-order chi connectivity index (χ1) is 12.1. The van der Waals surface area contributed by atoms with Gasteiger partial charge in [-0.15, -0.1) is 0 Å². The summed E-state index contributed by atoms with van der Waals surface area (Å²) in [7, 11) is 0. The van der Waals surface area contributed by atoms with Gasteiger partial charge in [-0.25, -0.2) is 4.98 Å². The molecule has 0 fully saturated rings. The highest BCUT2D eigenvalue weighted by molar-refractivity contribution is 6.30. The third-order valence-electron chi connectivity index (χ3n) is 3.57. The number of aromatic amines is 1. The van der Waals surface area contributed by atoms with Crippen LogP contribution in [0, 0.1) is 11.3 Å². The molecule has 2 N–H and O–H groups in total. The summed E-state index contributed by atoms with van der Waals surface area (Å²) >= 11 is 11.8. The number of halogens is 2. The summed E-state index contributed by atoms with van der Waals surface area (Å²) in [4.78, 5) is 19.1. The molecule has 0 radical (unpaired) electrons. The van der Waals surface area contributed by atoms with Crippen LogP contribution in [0.25, 0.3) is 11.1 Å². The van der Waals surface area contributed by atoms with Crippen LogP contribution in [0.5, 0.6) is 0 Å². The van der Waals surface area contributed by atoms with Crippen molar-refractivity contribution in [1.82, 2.24) is 15.3 Å². The van der Waals surface area contributed by atoms with Crippen molar-refractivity contribution < 1.29 is 4.79 Å².